The fraction of sp³-hybridized carbons (Fsp3) is 0.263. The van der Waals surface area contributed by atoms with Gasteiger partial charge in [-0.3, -0.25) is 9.59 Å². The first-order valence-corrected chi connectivity index (χ1v) is 9.73. The molecule has 0 aromatic heterocycles. The minimum atomic E-state index is 0.0121. The summed E-state index contributed by atoms with van der Waals surface area (Å²) in [5.74, 6) is 0.0242. The topological polar surface area (TPSA) is 40.6 Å². The summed E-state index contributed by atoms with van der Waals surface area (Å²) in [7, 11) is 0. The predicted octanol–water partition coefficient (Wildman–Crippen LogP) is 4.20. The Balaban J connectivity index is 1.68. The monoisotopic (exact) mass is 464 g/mol. The van der Waals surface area contributed by atoms with Gasteiger partial charge in [-0.1, -0.05) is 44.0 Å². The molecule has 2 aromatic carbocycles. The fourth-order valence-corrected chi connectivity index (χ4v) is 3.73. The molecule has 6 heteroatoms. The molecule has 0 aliphatic carbocycles. The number of hydrogen-bond donors (Lipinski definition) is 0. The average molecular weight is 466 g/mol. The van der Waals surface area contributed by atoms with E-state index in [4.69, 9.17) is 0 Å². The van der Waals surface area contributed by atoms with E-state index in [1.54, 1.807) is 0 Å². The first-order valence-electron chi connectivity index (χ1n) is 8.14. The second-order valence-electron chi connectivity index (χ2n) is 5.96. The SMILES string of the molecule is O=C(c1cccc(Br)c1)N1CCCN(C(=O)c2cccc(Br)c2)CC1. The average Bonchev–Trinajstić information content (AvgIpc) is 2.86. The summed E-state index contributed by atoms with van der Waals surface area (Å²) < 4.78 is 1.78. The van der Waals surface area contributed by atoms with Gasteiger partial charge < -0.3 is 9.80 Å². The lowest BCUT2D eigenvalue weighted by atomic mass is 10.2. The zero-order valence-corrected chi connectivity index (χ0v) is 16.8. The molecule has 0 spiro atoms. The van der Waals surface area contributed by atoms with E-state index >= 15 is 0 Å². The summed E-state index contributed by atoms with van der Waals surface area (Å²) in [4.78, 5) is 29.0. The molecule has 0 bridgehead atoms. The van der Waals surface area contributed by atoms with Crippen molar-refractivity contribution in [1.82, 2.24) is 9.80 Å². The van der Waals surface area contributed by atoms with Crippen molar-refractivity contribution in [1.29, 1.82) is 0 Å². The first kappa shape index (κ1) is 18.1. The zero-order chi connectivity index (χ0) is 17.8. The van der Waals surface area contributed by atoms with Gasteiger partial charge in [-0.25, -0.2) is 0 Å². The smallest absolute Gasteiger partial charge is 0.253 e. The van der Waals surface area contributed by atoms with Crippen LogP contribution in [0.2, 0.25) is 0 Å². The van der Waals surface area contributed by atoms with Crippen molar-refractivity contribution in [2.45, 2.75) is 6.42 Å². The van der Waals surface area contributed by atoms with Crippen LogP contribution in [0.4, 0.5) is 0 Å². The van der Waals surface area contributed by atoms with Gasteiger partial charge in [-0.05, 0) is 42.8 Å². The molecule has 0 N–H and O–H groups in total. The summed E-state index contributed by atoms with van der Waals surface area (Å²) in [6, 6.07) is 14.8. The Morgan fingerprint density at radius 2 is 1.16 bits per heavy atom. The van der Waals surface area contributed by atoms with Gasteiger partial charge in [0.1, 0.15) is 0 Å². The first-order chi connectivity index (χ1) is 12.0. The van der Waals surface area contributed by atoms with Crippen molar-refractivity contribution >= 4 is 43.7 Å². The largest absolute Gasteiger partial charge is 0.337 e. The number of carbonyl (C=O) groups is 2. The van der Waals surface area contributed by atoms with E-state index in [9.17, 15) is 9.59 Å². The van der Waals surface area contributed by atoms with E-state index in [-0.39, 0.29) is 11.8 Å². The van der Waals surface area contributed by atoms with E-state index in [0.29, 0.717) is 37.3 Å². The van der Waals surface area contributed by atoms with Crippen LogP contribution in [0.25, 0.3) is 0 Å². The highest BCUT2D eigenvalue weighted by Gasteiger charge is 2.23. The van der Waals surface area contributed by atoms with Crippen molar-refractivity contribution in [3.05, 3.63) is 68.6 Å². The standard InChI is InChI=1S/C19H18Br2N2O2/c20-16-6-1-4-14(12-16)18(24)22-8-3-9-23(11-10-22)19(25)15-5-2-7-17(21)13-15/h1-2,4-7,12-13H,3,8-11H2. The van der Waals surface area contributed by atoms with Gasteiger partial charge in [0.2, 0.25) is 0 Å². The number of hydrogen-bond acceptors (Lipinski definition) is 2. The van der Waals surface area contributed by atoms with Gasteiger partial charge in [0, 0.05) is 46.3 Å². The number of benzene rings is 2. The maximum Gasteiger partial charge on any atom is 0.253 e. The lowest BCUT2D eigenvalue weighted by Gasteiger charge is -2.22. The molecule has 1 aliphatic heterocycles. The Morgan fingerprint density at radius 3 is 1.56 bits per heavy atom. The molecule has 1 heterocycles. The second-order valence-corrected chi connectivity index (χ2v) is 7.79. The maximum absolute atomic E-state index is 12.7. The lowest BCUT2D eigenvalue weighted by molar-refractivity contribution is 0.0718. The number of carbonyl (C=O) groups excluding carboxylic acids is 2. The van der Waals surface area contributed by atoms with Gasteiger partial charge in [0.15, 0.2) is 0 Å². The summed E-state index contributed by atoms with van der Waals surface area (Å²) in [5, 5.41) is 0. The van der Waals surface area contributed by atoms with Gasteiger partial charge in [0.05, 0.1) is 0 Å². The fourth-order valence-electron chi connectivity index (χ4n) is 2.93. The molecule has 0 radical (unpaired) electrons. The Labute approximate surface area is 164 Å². The van der Waals surface area contributed by atoms with Gasteiger partial charge in [0.25, 0.3) is 11.8 Å². The third-order valence-electron chi connectivity index (χ3n) is 4.21. The molecule has 1 saturated heterocycles. The van der Waals surface area contributed by atoms with Crippen LogP contribution in [0.15, 0.2) is 57.5 Å². The van der Waals surface area contributed by atoms with Crippen LogP contribution < -0.4 is 0 Å². The molecular weight excluding hydrogens is 448 g/mol. The van der Waals surface area contributed by atoms with Gasteiger partial charge >= 0.3 is 0 Å². The van der Waals surface area contributed by atoms with Crippen molar-refractivity contribution in [3.63, 3.8) is 0 Å². The molecule has 0 atom stereocenters. The number of halogens is 2. The minimum absolute atomic E-state index is 0.0121. The molecule has 130 valence electrons. The second kappa shape index (κ2) is 8.15. The van der Waals surface area contributed by atoms with Crippen LogP contribution in [-0.4, -0.2) is 47.8 Å². The van der Waals surface area contributed by atoms with Crippen LogP contribution in [0.1, 0.15) is 27.1 Å². The van der Waals surface area contributed by atoms with E-state index < -0.39 is 0 Å². The van der Waals surface area contributed by atoms with Crippen molar-refractivity contribution in [2.75, 3.05) is 26.2 Å². The molecule has 1 fully saturated rings. The Kier molecular flexibility index (Phi) is 5.91. The molecule has 2 aromatic rings. The molecule has 1 aliphatic rings. The molecule has 3 rings (SSSR count). The highest BCUT2D eigenvalue weighted by Crippen LogP contribution is 2.17. The molecule has 0 unspecified atom stereocenters. The summed E-state index contributed by atoms with van der Waals surface area (Å²) >= 11 is 6.81. The van der Waals surface area contributed by atoms with Crippen LogP contribution in [0.5, 0.6) is 0 Å². The molecule has 25 heavy (non-hydrogen) atoms. The quantitative estimate of drug-likeness (QED) is 0.666. The number of rotatable bonds is 2. The van der Waals surface area contributed by atoms with E-state index in [2.05, 4.69) is 31.9 Å². The Morgan fingerprint density at radius 1 is 0.720 bits per heavy atom. The normalized spacial score (nSPS) is 15.0. The molecule has 0 saturated carbocycles. The van der Waals surface area contributed by atoms with Crippen LogP contribution in [0.3, 0.4) is 0 Å². The third-order valence-corrected chi connectivity index (χ3v) is 5.20. The molecule has 2 amide bonds. The summed E-state index contributed by atoms with van der Waals surface area (Å²) in [6.07, 6.45) is 0.777. The van der Waals surface area contributed by atoms with Crippen molar-refractivity contribution < 1.29 is 9.59 Å². The van der Waals surface area contributed by atoms with Crippen molar-refractivity contribution in [2.24, 2.45) is 0 Å². The summed E-state index contributed by atoms with van der Waals surface area (Å²) in [5.41, 5.74) is 1.34. The van der Waals surface area contributed by atoms with Gasteiger partial charge in [-0.2, -0.15) is 0 Å². The minimum Gasteiger partial charge on any atom is -0.337 e. The van der Waals surface area contributed by atoms with Crippen molar-refractivity contribution in [3.8, 4) is 0 Å². The number of amides is 2. The van der Waals surface area contributed by atoms with Crippen LogP contribution in [-0.2, 0) is 0 Å². The molecule has 4 nitrogen and oxygen atoms in total. The maximum atomic E-state index is 12.7. The number of nitrogens with zero attached hydrogens (tertiary/aromatic N) is 2. The predicted molar refractivity (Wildman–Crippen MR) is 105 cm³/mol. The Hall–Kier alpha value is -1.66. The van der Waals surface area contributed by atoms with Gasteiger partial charge in [-0.15, -0.1) is 0 Å². The summed E-state index contributed by atoms with van der Waals surface area (Å²) in [6.45, 7) is 2.41. The molecular formula is C19H18Br2N2O2. The highest BCUT2D eigenvalue weighted by atomic mass is 79.9. The highest BCUT2D eigenvalue weighted by molar-refractivity contribution is 9.10. The van der Waals surface area contributed by atoms with E-state index in [1.165, 1.54) is 0 Å². The lowest BCUT2D eigenvalue weighted by Crippen LogP contribution is -2.37. The van der Waals surface area contributed by atoms with Crippen LogP contribution in [0, 0.1) is 0 Å². The third kappa shape index (κ3) is 4.50. The van der Waals surface area contributed by atoms with Crippen LogP contribution >= 0.6 is 31.9 Å². The zero-order valence-electron chi connectivity index (χ0n) is 13.6. The van der Waals surface area contributed by atoms with E-state index in [0.717, 1.165) is 15.4 Å². The van der Waals surface area contributed by atoms with E-state index in [1.807, 2.05) is 58.3 Å². The Bertz CT molecular complexity index is 729.